The lowest BCUT2D eigenvalue weighted by atomic mass is 9.85. The largest absolute Gasteiger partial charge is 0.340 e. The van der Waals surface area contributed by atoms with E-state index in [9.17, 15) is 14.4 Å². The molecule has 0 bridgehead atoms. The molecule has 2 aliphatic rings. The summed E-state index contributed by atoms with van der Waals surface area (Å²) in [6.07, 6.45) is 5.08. The molecule has 126 valence electrons. The van der Waals surface area contributed by atoms with E-state index in [1.165, 1.54) is 0 Å². The summed E-state index contributed by atoms with van der Waals surface area (Å²) in [5, 5.41) is 0. The summed E-state index contributed by atoms with van der Waals surface area (Å²) in [6.45, 7) is 2.31. The number of imide groups is 1. The van der Waals surface area contributed by atoms with Crippen LogP contribution in [0.2, 0.25) is 0 Å². The van der Waals surface area contributed by atoms with Gasteiger partial charge in [0.05, 0.1) is 11.8 Å². The fourth-order valence-electron chi connectivity index (χ4n) is 3.34. The van der Waals surface area contributed by atoms with Gasteiger partial charge in [0.15, 0.2) is 0 Å². The minimum absolute atomic E-state index is 0.160. The lowest BCUT2D eigenvalue weighted by Gasteiger charge is -2.21. The Morgan fingerprint density at radius 3 is 2.17 bits per heavy atom. The zero-order valence-electron chi connectivity index (χ0n) is 14.1. The highest BCUT2D eigenvalue weighted by Gasteiger charge is 2.47. The van der Waals surface area contributed by atoms with Crippen LogP contribution in [-0.2, 0) is 20.9 Å². The molecule has 0 saturated carbocycles. The quantitative estimate of drug-likeness (QED) is 0.627. The molecule has 1 heterocycles. The van der Waals surface area contributed by atoms with E-state index < -0.39 is 0 Å². The number of carbonyl (C=O) groups is 3. The summed E-state index contributed by atoms with van der Waals surface area (Å²) in [7, 11) is 1.70. The summed E-state index contributed by atoms with van der Waals surface area (Å²) < 4.78 is 0. The molecule has 5 heteroatoms. The first-order valence-electron chi connectivity index (χ1n) is 8.27. The van der Waals surface area contributed by atoms with Crippen molar-refractivity contribution in [2.24, 2.45) is 11.8 Å². The number of likely N-dealkylation sites (N-methyl/N-ethyl adjacent to an activating group) is 1. The second kappa shape index (κ2) is 6.59. The Hall–Kier alpha value is -2.43. The van der Waals surface area contributed by atoms with Gasteiger partial charge in [0.2, 0.25) is 17.7 Å². The average molecular weight is 326 g/mol. The molecule has 1 aromatic rings. The highest BCUT2D eigenvalue weighted by Crippen LogP contribution is 2.34. The molecule has 3 rings (SSSR count). The molecule has 3 amide bonds. The molecule has 1 aliphatic heterocycles. The van der Waals surface area contributed by atoms with E-state index in [0.717, 1.165) is 16.0 Å². The van der Waals surface area contributed by atoms with Gasteiger partial charge in [-0.25, -0.2) is 0 Å². The maximum Gasteiger partial charge on any atom is 0.242 e. The second-order valence-electron chi connectivity index (χ2n) is 6.65. The smallest absolute Gasteiger partial charge is 0.242 e. The predicted octanol–water partition coefficient (Wildman–Crippen LogP) is 1.90. The fourth-order valence-corrected chi connectivity index (χ4v) is 3.34. The minimum atomic E-state index is -0.280. The van der Waals surface area contributed by atoms with Crippen molar-refractivity contribution in [1.82, 2.24) is 9.80 Å². The Labute approximate surface area is 141 Å². The second-order valence-corrected chi connectivity index (χ2v) is 6.65. The van der Waals surface area contributed by atoms with Crippen LogP contribution < -0.4 is 0 Å². The van der Waals surface area contributed by atoms with Gasteiger partial charge in [0, 0.05) is 13.6 Å². The fraction of sp³-hybridized carbons (Fsp3) is 0.421. The molecular formula is C19H22N2O3. The normalized spacial score (nSPS) is 22.7. The van der Waals surface area contributed by atoms with Crippen LogP contribution in [0.15, 0.2) is 36.4 Å². The van der Waals surface area contributed by atoms with Crippen molar-refractivity contribution in [3.63, 3.8) is 0 Å². The van der Waals surface area contributed by atoms with Crippen molar-refractivity contribution in [3.05, 3.63) is 47.5 Å². The highest BCUT2D eigenvalue weighted by atomic mass is 16.2. The number of aryl methyl sites for hydroxylation is 1. The van der Waals surface area contributed by atoms with Gasteiger partial charge < -0.3 is 4.90 Å². The molecule has 24 heavy (non-hydrogen) atoms. The summed E-state index contributed by atoms with van der Waals surface area (Å²) >= 11 is 0. The summed E-state index contributed by atoms with van der Waals surface area (Å²) in [6, 6.07) is 7.95. The van der Waals surface area contributed by atoms with Gasteiger partial charge in [-0.2, -0.15) is 0 Å². The van der Waals surface area contributed by atoms with Crippen LogP contribution in [0.3, 0.4) is 0 Å². The lowest BCUT2D eigenvalue weighted by Crippen LogP contribution is -2.41. The first kappa shape index (κ1) is 16.4. The molecule has 2 atom stereocenters. The number of amides is 3. The van der Waals surface area contributed by atoms with Crippen molar-refractivity contribution >= 4 is 17.7 Å². The molecule has 0 N–H and O–H groups in total. The SMILES string of the molecule is Cc1ccc(CN(C)C(=O)CN2C(=O)C3CC=CCC3C2=O)cc1. The summed E-state index contributed by atoms with van der Waals surface area (Å²) in [5.74, 6) is -1.18. The Bertz CT molecular complexity index is 667. The molecule has 5 nitrogen and oxygen atoms in total. The van der Waals surface area contributed by atoms with E-state index in [2.05, 4.69) is 0 Å². The number of hydrogen-bond donors (Lipinski definition) is 0. The molecule has 1 aliphatic carbocycles. The number of nitrogens with zero attached hydrogens (tertiary/aromatic N) is 2. The van der Waals surface area contributed by atoms with Crippen LogP contribution in [0.5, 0.6) is 0 Å². The van der Waals surface area contributed by atoms with Gasteiger partial charge >= 0.3 is 0 Å². The third-order valence-corrected chi connectivity index (χ3v) is 4.86. The lowest BCUT2D eigenvalue weighted by molar-refractivity contribution is -0.146. The monoisotopic (exact) mass is 326 g/mol. The first-order chi connectivity index (χ1) is 11.5. The number of fused-ring (bicyclic) bond motifs is 1. The number of likely N-dealkylation sites (tertiary alicyclic amines) is 1. The van der Waals surface area contributed by atoms with Crippen LogP contribution in [0.25, 0.3) is 0 Å². The van der Waals surface area contributed by atoms with Gasteiger partial charge in [-0.3, -0.25) is 19.3 Å². The topological polar surface area (TPSA) is 57.7 Å². The highest BCUT2D eigenvalue weighted by molar-refractivity contribution is 6.07. The van der Waals surface area contributed by atoms with Crippen molar-refractivity contribution in [1.29, 1.82) is 0 Å². The van der Waals surface area contributed by atoms with Gasteiger partial charge in [0.25, 0.3) is 0 Å². The molecule has 0 radical (unpaired) electrons. The Balaban J connectivity index is 1.63. The molecule has 0 spiro atoms. The van der Waals surface area contributed by atoms with E-state index in [0.29, 0.717) is 19.4 Å². The van der Waals surface area contributed by atoms with Crippen molar-refractivity contribution < 1.29 is 14.4 Å². The molecule has 1 saturated heterocycles. The van der Waals surface area contributed by atoms with E-state index in [-0.39, 0.29) is 36.1 Å². The third-order valence-electron chi connectivity index (χ3n) is 4.86. The predicted molar refractivity (Wildman–Crippen MR) is 89.7 cm³/mol. The number of allylic oxidation sites excluding steroid dienone is 2. The summed E-state index contributed by atoms with van der Waals surface area (Å²) in [5.41, 5.74) is 2.19. The van der Waals surface area contributed by atoms with Crippen LogP contribution in [0.1, 0.15) is 24.0 Å². The number of hydrogen-bond acceptors (Lipinski definition) is 3. The van der Waals surface area contributed by atoms with Crippen molar-refractivity contribution in [2.45, 2.75) is 26.3 Å². The molecule has 2 unspecified atom stereocenters. The van der Waals surface area contributed by atoms with E-state index in [4.69, 9.17) is 0 Å². The van der Waals surface area contributed by atoms with Crippen molar-refractivity contribution in [3.8, 4) is 0 Å². The number of carbonyl (C=O) groups excluding carboxylic acids is 3. The third kappa shape index (κ3) is 3.11. The van der Waals surface area contributed by atoms with Crippen LogP contribution in [0.4, 0.5) is 0 Å². The molecule has 0 aromatic heterocycles. The number of benzene rings is 1. The Morgan fingerprint density at radius 2 is 1.62 bits per heavy atom. The Kier molecular flexibility index (Phi) is 4.51. The minimum Gasteiger partial charge on any atom is -0.340 e. The molecular weight excluding hydrogens is 304 g/mol. The molecule has 1 fully saturated rings. The molecule has 1 aromatic carbocycles. The maximum atomic E-state index is 12.4. The standard InChI is InChI=1S/C19H22N2O3/c1-13-7-9-14(10-8-13)11-20(2)17(22)12-21-18(23)15-5-3-4-6-16(15)19(21)24/h3-4,7-10,15-16H,5-6,11-12H2,1-2H3. The van der Waals surface area contributed by atoms with Crippen LogP contribution in [0, 0.1) is 18.8 Å². The zero-order chi connectivity index (χ0) is 17.3. The summed E-state index contributed by atoms with van der Waals surface area (Å²) in [4.78, 5) is 40.0. The Morgan fingerprint density at radius 1 is 1.08 bits per heavy atom. The van der Waals surface area contributed by atoms with Crippen molar-refractivity contribution in [2.75, 3.05) is 13.6 Å². The maximum absolute atomic E-state index is 12.4. The van der Waals surface area contributed by atoms with Gasteiger partial charge in [0.1, 0.15) is 6.54 Å². The average Bonchev–Trinajstić information content (AvgIpc) is 2.82. The van der Waals surface area contributed by atoms with Crippen LogP contribution >= 0.6 is 0 Å². The van der Waals surface area contributed by atoms with Gasteiger partial charge in [-0.15, -0.1) is 0 Å². The van der Waals surface area contributed by atoms with Gasteiger partial charge in [-0.1, -0.05) is 42.0 Å². The van der Waals surface area contributed by atoms with Gasteiger partial charge in [-0.05, 0) is 25.3 Å². The van der Waals surface area contributed by atoms with E-state index >= 15 is 0 Å². The van der Waals surface area contributed by atoms with E-state index in [1.807, 2.05) is 43.3 Å². The van der Waals surface area contributed by atoms with Crippen LogP contribution in [-0.4, -0.2) is 41.1 Å². The first-order valence-corrected chi connectivity index (χ1v) is 8.27. The zero-order valence-corrected chi connectivity index (χ0v) is 14.1. The number of rotatable bonds is 4. The van der Waals surface area contributed by atoms with E-state index in [1.54, 1.807) is 11.9 Å².